The lowest BCUT2D eigenvalue weighted by molar-refractivity contribution is -0.193. The van der Waals surface area contributed by atoms with Gasteiger partial charge in [0.2, 0.25) is 0 Å². The number of imidazole rings is 1. The van der Waals surface area contributed by atoms with Crippen LogP contribution in [0.1, 0.15) is 38.2 Å². The van der Waals surface area contributed by atoms with E-state index in [0.29, 0.717) is 18.1 Å². The molecule has 0 saturated carbocycles. The molecule has 5 N–H and O–H groups in total. The van der Waals surface area contributed by atoms with Crippen molar-refractivity contribution in [2.75, 3.05) is 5.32 Å². The van der Waals surface area contributed by atoms with Crippen LogP contribution in [0.5, 0.6) is 0 Å². The van der Waals surface area contributed by atoms with Gasteiger partial charge in [0, 0.05) is 35.5 Å². The van der Waals surface area contributed by atoms with E-state index in [2.05, 4.69) is 20.3 Å². The van der Waals surface area contributed by atoms with Crippen molar-refractivity contribution in [2.24, 2.45) is 0 Å². The van der Waals surface area contributed by atoms with Crippen molar-refractivity contribution in [3.63, 3.8) is 0 Å². The molecule has 48 heavy (non-hydrogen) atoms. The van der Waals surface area contributed by atoms with Gasteiger partial charge in [0.25, 0.3) is 0 Å². The Kier molecular flexibility index (Phi) is 11.0. The van der Waals surface area contributed by atoms with Crippen LogP contribution in [0.4, 0.5) is 42.6 Å². The first-order valence-electron chi connectivity index (χ1n) is 13.6. The number of hydrogen-bond donors (Lipinski definition) is 5. The summed E-state index contributed by atoms with van der Waals surface area (Å²) in [5.74, 6) is -4.25. The Balaban J connectivity index is 0.000000376. The van der Waals surface area contributed by atoms with Gasteiger partial charge in [-0.15, -0.1) is 0 Å². The Hall–Kier alpha value is -5.68. The minimum atomic E-state index is -5.08. The van der Waals surface area contributed by atoms with Crippen LogP contribution in [-0.2, 0) is 16.0 Å². The largest absolute Gasteiger partial charge is 0.490 e. The van der Waals surface area contributed by atoms with Gasteiger partial charge in [0.1, 0.15) is 17.3 Å². The maximum Gasteiger partial charge on any atom is 0.490 e. The lowest BCUT2D eigenvalue weighted by Crippen LogP contribution is -2.48. The number of carboxylic acids is 2. The molecule has 0 bridgehead atoms. The van der Waals surface area contributed by atoms with Crippen molar-refractivity contribution in [3.8, 4) is 22.5 Å². The van der Waals surface area contributed by atoms with Gasteiger partial charge >= 0.3 is 30.4 Å². The zero-order valence-corrected chi connectivity index (χ0v) is 25.3. The Morgan fingerprint density at radius 2 is 1.42 bits per heavy atom. The van der Waals surface area contributed by atoms with E-state index in [1.54, 1.807) is 18.6 Å². The molecular weight excluding hydrogens is 654 g/mol. The van der Waals surface area contributed by atoms with E-state index in [9.17, 15) is 36.2 Å². The molecule has 5 rings (SSSR count). The molecule has 3 aromatic heterocycles. The second-order valence-electron chi connectivity index (χ2n) is 10.9. The predicted octanol–water partition coefficient (Wildman–Crippen LogP) is 6.92. The van der Waals surface area contributed by atoms with E-state index in [-0.39, 0.29) is 0 Å². The molecule has 4 heterocycles. The molecule has 1 amide bonds. The number of amides is 1. The fraction of sp³-hybridized carbons (Fsp3) is 0.267. The highest BCUT2D eigenvalue weighted by Crippen LogP contribution is 2.43. The van der Waals surface area contributed by atoms with Crippen LogP contribution in [0.2, 0.25) is 0 Å². The standard InChI is InChI=1S/C26H26N6O2.2C2HF3O2/c1-26(2,3)32(25(33)34)20(14-16-8-5-4-6-9-16)24-30-21-17-11-13-27-15-19(17)29-23-18(22(21)31-24)10-7-12-28-23;2*3-2(4,5)1(6)7/h4-13,15,20H,14H2,1-3H3,(H,28,29)(H,30,31)(H,33,34);2*(H,6,7). The molecule has 0 radical (unpaired) electrons. The third kappa shape index (κ3) is 9.20. The van der Waals surface area contributed by atoms with E-state index in [4.69, 9.17) is 24.8 Å². The number of hydrogen-bond acceptors (Lipinski definition) is 7. The van der Waals surface area contributed by atoms with Gasteiger partial charge in [-0.25, -0.2) is 24.4 Å². The first-order valence-corrected chi connectivity index (χ1v) is 13.6. The number of nitrogens with zero attached hydrogens (tertiary/aromatic N) is 4. The van der Waals surface area contributed by atoms with Gasteiger partial charge in [-0.2, -0.15) is 26.3 Å². The number of aromatic amines is 1. The van der Waals surface area contributed by atoms with Crippen LogP contribution < -0.4 is 5.32 Å². The van der Waals surface area contributed by atoms with E-state index in [1.165, 1.54) is 4.90 Å². The first-order chi connectivity index (χ1) is 22.2. The maximum atomic E-state index is 12.5. The van der Waals surface area contributed by atoms with E-state index in [0.717, 1.165) is 33.8 Å². The zero-order valence-electron chi connectivity index (χ0n) is 25.3. The molecule has 12 nitrogen and oxygen atoms in total. The first kappa shape index (κ1) is 36.8. The summed E-state index contributed by atoms with van der Waals surface area (Å²) in [6.45, 7) is 5.70. The fourth-order valence-corrected chi connectivity index (χ4v) is 4.51. The summed E-state index contributed by atoms with van der Waals surface area (Å²) in [4.78, 5) is 49.0. The Bertz CT molecular complexity index is 1670. The minimum Gasteiger partial charge on any atom is -0.475 e. The number of aromatic nitrogens is 4. The van der Waals surface area contributed by atoms with Crippen molar-refractivity contribution in [1.82, 2.24) is 24.8 Å². The van der Waals surface area contributed by atoms with Gasteiger partial charge in [-0.3, -0.25) is 9.88 Å². The summed E-state index contributed by atoms with van der Waals surface area (Å²) in [6.07, 6.45) is -5.46. The van der Waals surface area contributed by atoms with Crippen LogP contribution in [0.25, 0.3) is 22.5 Å². The van der Waals surface area contributed by atoms with Crippen molar-refractivity contribution < 1.29 is 56.0 Å². The fourth-order valence-electron chi connectivity index (χ4n) is 4.51. The average molecular weight is 683 g/mol. The zero-order chi connectivity index (χ0) is 36.0. The number of pyridine rings is 2. The molecule has 1 atom stereocenters. The number of halogens is 6. The molecule has 0 aliphatic carbocycles. The Labute approximate surface area is 268 Å². The van der Waals surface area contributed by atoms with Crippen molar-refractivity contribution >= 4 is 29.5 Å². The molecule has 4 aromatic rings. The maximum absolute atomic E-state index is 12.5. The number of nitrogens with one attached hydrogen (secondary N) is 2. The number of carbonyl (C=O) groups is 3. The number of H-pyrrole nitrogens is 1. The number of benzene rings is 1. The highest BCUT2D eigenvalue weighted by atomic mass is 19.4. The molecule has 0 spiro atoms. The van der Waals surface area contributed by atoms with E-state index >= 15 is 0 Å². The van der Waals surface area contributed by atoms with Crippen LogP contribution in [0.15, 0.2) is 67.1 Å². The summed E-state index contributed by atoms with van der Waals surface area (Å²) in [5.41, 5.74) is 4.48. The molecule has 1 aromatic carbocycles. The molecular formula is C30H28F6N6O6. The summed E-state index contributed by atoms with van der Waals surface area (Å²) >= 11 is 0. The second-order valence-corrected chi connectivity index (χ2v) is 10.9. The normalized spacial score (nSPS) is 12.5. The van der Waals surface area contributed by atoms with Crippen molar-refractivity contribution in [3.05, 3.63) is 78.5 Å². The Morgan fingerprint density at radius 1 is 0.833 bits per heavy atom. The molecule has 1 unspecified atom stereocenters. The third-order valence-corrected chi connectivity index (χ3v) is 6.44. The number of rotatable bonds is 4. The monoisotopic (exact) mass is 682 g/mol. The molecule has 0 fully saturated rings. The van der Waals surface area contributed by atoms with Crippen molar-refractivity contribution in [1.29, 1.82) is 0 Å². The Morgan fingerprint density at radius 3 is 1.94 bits per heavy atom. The smallest absolute Gasteiger partial charge is 0.475 e. The molecule has 256 valence electrons. The van der Waals surface area contributed by atoms with Crippen LogP contribution in [-0.4, -0.2) is 76.1 Å². The van der Waals surface area contributed by atoms with E-state index in [1.807, 2.05) is 69.3 Å². The third-order valence-electron chi connectivity index (χ3n) is 6.44. The molecule has 1 aliphatic rings. The highest BCUT2D eigenvalue weighted by molar-refractivity contribution is 5.94. The summed E-state index contributed by atoms with van der Waals surface area (Å²) in [6, 6.07) is 15.1. The van der Waals surface area contributed by atoms with Crippen LogP contribution >= 0.6 is 0 Å². The molecule has 1 aliphatic heterocycles. The van der Waals surface area contributed by atoms with Gasteiger partial charge in [0.15, 0.2) is 0 Å². The number of alkyl halides is 6. The van der Waals surface area contributed by atoms with Crippen LogP contribution in [0, 0.1) is 0 Å². The van der Waals surface area contributed by atoms with Gasteiger partial charge < -0.3 is 25.6 Å². The minimum absolute atomic E-state index is 0.484. The predicted molar refractivity (Wildman–Crippen MR) is 158 cm³/mol. The number of aliphatic carboxylic acids is 2. The topological polar surface area (TPSA) is 182 Å². The second kappa shape index (κ2) is 14.4. The highest BCUT2D eigenvalue weighted by Gasteiger charge is 2.39. The SMILES string of the molecule is CC(C)(C)N(C(=O)O)C(Cc1ccccc1)c1nc2c([nH]1)-c1ccncc1Nc1ncccc1-2.O=C(O)C(F)(F)F.O=C(O)C(F)(F)F. The van der Waals surface area contributed by atoms with Crippen molar-refractivity contribution in [2.45, 2.75) is 51.1 Å². The number of carboxylic acid groups (broad SMARTS) is 3. The van der Waals surface area contributed by atoms with Crippen LogP contribution in [0.3, 0.4) is 0 Å². The molecule has 0 saturated heterocycles. The summed E-state index contributed by atoms with van der Waals surface area (Å²) < 4.78 is 63.5. The molecule has 18 heteroatoms. The lowest BCUT2D eigenvalue weighted by atomic mass is 9.98. The van der Waals surface area contributed by atoms with Gasteiger partial charge in [-0.05, 0) is 44.5 Å². The average Bonchev–Trinajstić information content (AvgIpc) is 3.36. The summed E-state index contributed by atoms with van der Waals surface area (Å²) in [7, 11) is 0. The lowest BCUT2D eigenvalue weighted by Gasteiger charge is -2.39. The van der Waals surface area contributed by atoms with Gasteiger partial charge in [0.05, 0.1) is 23.6 Å². The number of anilines is 2. The number of fused-ring (bicyclic) bond motifs is 5. The van der Waals surface area contributed by atoms with Gasteiger partial charge in [-0.1, -0.05) is 30.3 Å². The summed E-state index contributed by atoms with van der Waals surface area (Å²) in [5, 5.41) is 27.8. The quantitative estimate of drug-likeness (QED) is 0.125. The van der Waals surface area contributed by atoms with E-state index < -0.39 is 42.0 Å².